The normalized spacial score (nSPS) is 14.0. The standard InChI is InChI=1S/C15H24N2O/c1-5-6-11(2)15(18)17-14-9-7-13(8-10-14)12(3)16-4/h7-12,16H,5-6H2,1-4H3,(H,17,18). The third-order valence-corrected chi connectivity index (χ3v) is 3.28. The Morgan fingerprint density at radius 2 is 1.83 bits per heavy atom. The quantitative estimate of drug-likeness (QED) is 0.810. The number of amides is 1. The molecule has 0 heterocycles. The van der Waals surface area contributed by atoms with E-state index in [1.54, 1.807) is 0 Å². The predicted octanol–water partition coefficient (Wildman–Crippen LogP) is 3.34. The molecule has 0 fully saturated rings. The number of hydrogen-bond donors (Lipinski definition) is 2. The molecule has 0 aliphatic carbocycles. The molecule has 0 saturated carbocycles. The highest BCUT2D eigenvalue weighted by Crippen LogP contribution is 2.17. The first-order valence-corrected chi connectivity index (χ1v) is 6.66. The van der Waals surface area contributed by atoms with Crippen LogP contribution < -0.4 is 10.6 Å². The zero-order valence-electron chi connectivity index (χ0n) is 11.8. The minimum Gasteiger partial charge on any atom is -0.326 e. The third-order valence-electron chi connectivity index (χ3n) is 3.28. The molecule has 2 unspecified atom stereocenters. The third kappa shape index (κ3) is 4.15. The van der Waals surface area contributed by atoms with Gasteiger partial charge < -0.3 is 10.6 Å². The van der Waals surface area contributed by atoms with Crippen LogP contribution in [0.5, 0.6) is 0 Å². The Morgan fingerprint density at radius 1 is 1.22 bits per heavy atom. The molecule has 3 nitrogen and oxygen atoms in total. The van der Waals surface area contributed by atoms with E-state index in [9.17, 15) is 4.79 Å². The van der Waals surface area contributed by atoms with E-state index >= 15 is 0 Å². The van der Waals surface area contributed by atoms with Gasteiger partial charge in [-0.05, 0) is 38.1 Å². The molecule has 1 amide bonds. The van der Waals surface area contributed by atoms with Gasteiger partial charge in [-0.3, -0.25) is 4.79 Å². The highest BCUT2D eigenvalue weighted by atomic mass is 16.1. The van der Waals surface area contributed by atoms with Crippen LogP contribution in [-0.2, 0) is 4.79 Å². The SMILES string of the molecule is CCCC(C)C(=O)Nc1ccc(C(C)NC)cc1. The van der Waals surface area contributed by atoms with Crippen molar-refractivity contribution >= 4 is 11.6 Å². The van der Waals surface area contributed by atoms with E-state index in [-0.39, 0.29) is 11.8 Å². The minimum atomic E-state index is 0.0749. The van der Waals surface area contributed by atoms with Gasteiger partial charge >= 0.3 is 0 Å². The van der Waals surface area contributed by atoms with Gasteiger partial charge in [-0.2, -0.15) is 0 Å². The van der Waals surface area contributed by atoms with Gasteiger partial charge in [0.1, 0.15) is 0 Å². The summed E-state index contributed by atoms with van der Waals surface area (Å²) in [5.74, 6) is 0.178. The lowest BCUT2D eigenvalue weighted by Gasteiger charge is -2.13. The van der Waals surface area contributed by atoms with Crippen LogP contribution >= 0.6 is 0 Å². The molecule has 100 valence electrons. The van der Waals surface area contributed by atoms with Crippen molar-refractivity contribution in [3.05, 3.63) is 29.8 Å². The Balaban J connectivity index is 2.61. The molecule has 3 heteroatoms. The molecular weight excluding hydrogens is 224 g/mol. The van der Waals surface area contributed by atoms with Crippen LogP contribution in [0.1, 0.15) is 45.2 Å². The highest BCUT2D eigenvalue weighted by molar-refractivity contribution is 5.92. The molecule has 2 N–H and O–H groups in total. The summed E-state index contributed by atoms with van der Waals surface area (Å²) in [6.07, 6.45) is 1.97. The van der Waals surface area contributed by atoms with Crippen molar-refractivity contribution in [1.82, 2.24) is 5.32 Å². The van der Waals surface area contributed by atoms with Crippen LogP contribution in [0.25, 0.3) is 0 Å². The lowest BCUT2D eigenvalue weighted by atomic mass is 10.0. The Bertz CT molecular complexity index is 373. The van der Waals surface area contributed by atoms with Gasteiger partial charge in [-0.15, -0.1) is 0 Å². The summed E-state index contributed by atoms with van der Waals surface area (Å²) in [7, 11) is 1.94. The van der Waals surface area contributed by atoms with E-state index in [2.05, 4.69) is 24.5 Å². The monoisotopic (exact) mass is 248 g/mol. The lowest BCUT2D eigenvalue weighted by Crippen LogP contribution is -2.20. The summed E-state index contributed by atoms with van der Waals surface area (Å²) in [5, 5.41) is 6.14. The summed E-state index contributed by atoms with van der Waals surface area (Å²) in [6, 6.07) is 8.33. The number of nitrogens with one attached hydrogen (secondary N) is 2. The molecule has 0 aromatic heterocycles. The van der Waals surface area contributed by atoms with E-state index in [1.807, 2.05) is 38.2 Å². The first-order chi connectivity index (χ1) is 8.58. The van der Waals surface area contributed by atoms with E-state index < -0.39 is 0 Å². The van der Waals surface area contributed by atoms with Crippen molar-refractivity contribution in [2.75, 3.05) is 12.4 Å². The van der Waals surface area contributed by atoms with Crippen molar-refractivity contribution in [3.63, 3.8) is 0 Å². The fraction of sp³-hybridized carbons (Fsp3) is 0.533. The molecule has 0 radical (unpaired) electrons. The van der Waals surface area contributed by atoms with E-state index in [4.69, 9.17) is 0 Å². The predicted molar refractivity (Wildman–Crippen MR) is 76.6 cm³/mol. The van der Waals surface area contributed by atoms with Crippen molar-refractivity contribution in [2.24, 2.45) is 5.92 Å². The molecule has 0 aliphatic heterocycles. The van der Waals surface area contributed by atoms with E-state index in [0.717, 1.165) is 18.5 Å². The molecule has 1 rings (SSSR count). The Kier molecular flexibility index (Phi) is 5.86. The maximum atomic E-state index is 11.9. The second-order valence-corrected chi connectivity index (χ2v) is 4.81. The average molecular weight is 248 g/mol. The van der Waals surface area contributed by atoms with Crippen LogP contribution in [0.4, 0.5) is 5.69 Å². The van der Waals surface area contributed by atoms with Gasteiger partial charge in [0.15, 0.2) is 0 Å². The molecular formula is C15H24N2O. The summed E-state index contributed by atoms with van der Waals surface area (Å²) in [5.41, 5.74) is 2.09. The van der Waals surface area contributed by atoms with Gasteiger partial charge in [-0.1, -0.05) is 32.4 Å². The summed E-state index contributed by atoms with van der Waals surface area (Å²) < 4.78 is 0. The van der Waals surface area contributed by atoms with Gasteiger partial charge in [0.25, 0.3) is 0 Å². The molecule has 0 spiro atoms. The average Bonchev–Trinajstić information content (AvgIpc) is 2.39. The highest BCUT2D eigenvalue weighted by Gasteiger charge is 2.11. The topological polar surface area (TPSA) is 41.1 Å². The molecule has 18 heavy (non-hydrogen) atoms. The Morgan fingerprint density at radius 3 is 2.33 bits per heavy atom. The van der Waals surface area contributed by atoms with Gasteiger partial charge in [0, 0.05) is 17.6 Å². The second-order valence-electron chi connectivity index (χ2n) is 4.81. The van der Waals surface area contributed by atoms with Gasteiger partial charge in [0.05, 0.1) is 0 Å². The Hall–Kier alpha value is -1.35. The van der Waals surface area contributed by atoms with Crippen molar-refractivity contribution in [2.45, 2.75) is 39.7 Å². The molecule has 0 bridgehead atoms. The minimum absolute atomic E-state index is 0.0749. The van der Waals surface area contributed by atoms with Crippen molar-refractivity contribution in [3.8, 4) is 0 Å². The largest absolute Gasteiger partial charge is 0.326 e. The maximum absolute atomic E-state index is 11.9. The van der Waals surface area contributed by atoms with E-state index in [0.29, 0.717) is 6.04 Å². The maximum Gasteiger partial charge on any atom is 0.227 e. The fourth-order valence-electron chi connectivity index (χ4n) is 1.85. The molecule has 0 saturated heterocycles. The summed E-state index contributed by atoms with van der Waals surface area (Å²) in [4.78, 5) is 11.9. The van der Waals surface area contributed by atoms with Crippen LogP contribution in [0.3, 0.4) is 0 Å². The van der Waals surface area contributed by atoms with Crippen LogP contribution in [0, 0.1) is 5.92 Å². The zero-order valence-corrected chi connectivity index (χ0v) is 11.8. The fourth-order valence-corrected chi connectivity index (χ4v) is 1.85. The van der Waals surface area contributed by atoms with Crippen molar-refractivity contribution < 1.29 is 4.79 Å². The number of carbonyl (C=O) groups excluding carboxylic acids is 1. The summed E-state index contributed by atoms with van der Waals surface area (Å²) in [6.45, 7) is 6.17. The van der Waals surface area contributed by atoms with E-state index in [1.165, 1.54) is 5.56 Å². The van der Waals surface area contributed by atoms with Crippen LogP contribution in [-0.4, -0.2) is 13.0 Å². The van der Waals surface area contributed by atoms with Crippen molar-refractivity contribution in [1.29, 1.82) is 0 Å². The number of rotatable bonds is 6. The number of benzene rings is 1. The first kappa shape index (κ1) is 14.7. The second kappa shape index (κ2) is 7.17. The summed E-state index contributed by atoms with van der Waals surface area (Å²) >= 11 is 0. The van der Waals surface area contributed by atoms with Crippen LogP contribution in [0.15, 0.2) is 24.3 Å². The first-order valence-electron chi connectivity index (χ1n) is 6.66. The van der Waals surface area contributed by atoms with Crippen LogP contribution in [0.2, 0.25) is 0 Å². The number of carbonyl (C=O) groups is 1. The molecule has 1 aromatic carbocycles. The zero-order chi connectivity index (χ0) is 13.5. The molecule has 0 aliphatic rings. The number of anilines is 1. The molecule has 1 aromatic rings. The number of hydrogen-bond acceptors (Lipinski definition) is 2. The molecule has 2 atom stereocenters. The van der Waals surface area contributed by atoms with Gasteiger partial charge in [-0.25, -0.2) is 0 Å². The smallest absolute Gasteiger partial charge is 0.227 e. The van der Waals surface area contributed by atoms with Gasteiger partial charge in [0.2, 0.25) is 5.91 Å². The lowest BCUT2D eigenvalue weighted by molar-refractivity contribution is -0.119. The Labute approximate surface area is 110 Å².